The summed E-state index contributed by atoms with van der Waals surface area (Å²) in [5.74, 6) is 2.89. The second-order valence-electron chi connectivity index (χ2n) is 4.90. The van der Waals surface area contributed by atoms with Gasteiger partial charge in [-0.1, -0.05) is 12.1 Å². The lowest BCUT2D eigenvalue weighted by atomic mass is 10.2. The molecule has 1 aliphatic heterocycles. The number of rotatable bonds is 6. The SMILES string of the molecule is N#Cc1ccccc1OCC(O)CNC1CCCSC1. The number of aliphatic hydroxyl groups excluding tert-OH is 1. The molecule has 0 saturated carbocycles. The van der Waals surface area contributed by atoms with Crippen molar-refractivity contribution in [1.82, 2.24) is 5.32 Å². The van der Waals surface area contributed by atoms with Crippen LogP contribution in [0.4, 0.5) is 0 Å². The van der Waals surface area contributed by atoms with E-state index in [1.165, 1.54) is 18.6 Å². The lowest BCUT2D eigenvalue weighted by Gasteiger charge is -2.24. The molecule has 2 atom stereocenters. The predicted molar refractivity (Wildman–Crippen MR) is 81.0 cm³/mol. The first-order valence-corrected chi connectivity index (χ1v) is 8.06. The molecule has 0 radical (unpaired) electrons. The predicted octanol–water partition coefficient (Wildman–Crippen LogP) is 1.78. The van der Waals surface area contributed by atoms with Crippen molar-refractivity contribution < 1.29 is 9.84 Å². The first-order chi connectivity index (χ1) is 9.79. The molecule has 5 heteroatoms. The highest BCUT2D eigenvalue weighted by atomic mass is 32.2. The zero-order chi connectivity index (χ0) is 14.2. The summed E-state index contributed by atoms with van der Waals surface area (Å²) < 4.78 is 5.51. The van der Waals surface area contributed by atoms with Crippen LogP contribution >= 0.6 is 11.8 Å². The fraction of sp³-hybridized carbons (Fsp3) is 0.533. The first kappa shape index (κ1) is 15.2. The summed E-state index contributed by atoms with van der Waals surface area (Å²) in [6.45, 7) is 0.728. The highest BCUT2D eigenvalue weighted by Gasteiger charge is 2.15. The van der Waals surface area contributed by atoms with Crippen LogP contribution in [-0.2, 0) is 0 Å². The Labute approximate surface area is 124 Å². The number of hydrogen-bond donors (Lipinski definition) is 2. The van der Waals surface area contributed by atoms with Gasteiger partial charge in [-0.15, -0.1) is 0 Å². The number of benzene rings is 1. The third-order valence-electron chi connectivity index (χ3n) is 3.24. The Kier molecular flexibility index (Phi) is 6.19. The summed E-state index contributed by atoms with van der Waals surface area (Å²) in [7, 11) is 0. The second-order valence-corrected chi connectivity index (χ2v) is 6.04. The van der Waals surface area contributed by atoms with E-state index in [2.05, 4.69) is 11.4 Å². The molecule has 1 aliphatic rings. The van der Waals surface area contributed by atoms with Crippen molar-refractivity contribution >= 4 is 11.8 Å². The molecule has 20 heavy (non-hydrogen) atoms. The highest BCUT2D eigenvalue weighted by Crippen LogP contribution is 2.18. The van der Waals surface area contributed by atoms with Gasteiger partial charge >= 0.3 is 0 Å². The number of ether oxygens (including phenoxy) is 1. The van der Waals surface area contributed by atoms with Gasteiger partial charge in [-0.3, -0.25) is 0 Å². The molecule has 1 saturated heterocycles. The number of thioether (sulfide) groups is 1. The number of hydrogen-bond acceptors (Lipinski definition) is 5. The van der Waals surface area contributed by atoms with Crippen LogP contribution in [-0.4, -0.2) is 41.9 Å². The van der Waals surface area contributed by atoms with Gasteiger partial charge in [0, 0.05) is 18.3 Å². The summed E-state index contributed by atoms with van der Waals surface area (Å²) in [4.78, 5) is 0. The maximum atomic E-state index is 9.93. The van der Waals surface area contributed by atoms with Crippen molar-refractivity contribution in [1.29, 1.82) is 5.26 Å². The summed E-state index contributed by atoms with van der Waals surface area (Å²) in [6.07, 6.45) is 1.86. The first-order valence-electron chi connectivity index (χ1n) is 6.90. The van der Waals surface area contributed by atoms with Gasteiger partial charge < -0.3 is 15.2 Å². The normalized spacial score (nSPS) is 20.1. The van der Waals surface area contributed by atoms with Crippen LogP contribution in [0, 0.1) is 11.3 Å². The van der Waals surface area contributed by atoms with Gasteiger partial charge in [0.15, 0.2) is 0 Å². The summed E-state index contributed by atoms with van der Waals surface area (Å²) in [6, 6.07) is 9.64. The number of aliphatic hydroxyl groups is 1. The Morgan fingerprint density at radius 2 is 2.35 bits per heavy atom. The fourth-order valence-electron chi connectivity index (χ4n) is 2.13. The molecule has 2 unspecified atom stereocenters. The van der Waals surface area contributed by atoms with E-state index in [0.717, 1.165) is 5.75 Å². The maximum absolute atomic E-state index is 9.93. The van der Waals surface area contributed by atoms with Gasteiger partial charge in [-0.25, -0.2) is 0 Å². The van der Waals surface area contributed by atoms with Crippen molar-refractivity contribution in [2.75, 3.05) is 24.7 Å². The van der Waals surface area contributed by atoms with Crippen LogP contribution in [0.15, 0.2) is 24.3 Å². The zero-order valence-corrected chi connectivity index (χ0v) is 12.2. The lowest BCUT2D eigenvalue weighted by molar-refractivity contribution is 0.104. The van der Waals surface area contributed by atoms with Crippen molar-refractivity contribution in [2.24, 2.45) is 0 Å². The summed E-state index contributed by atoms with van der Waals surface area (Å²) in [5.41, 5.74) is 0.497. The molecule has 2 rings (SSSR count). The summed E-state index contributed by atoms with van der Waals surface area (Å²) >= 11 is 1.96. The third kappa shape index (κ3) is 4.71. The average molecular weight is 292 g/mol. The van der Waals surface area contributed by atoms with Gasteiger partial charge in [0.05, 0.1) is 5.56 Å². The van der Waals surface area contributed by atoms with Crippen LogP contribution in [0.5, 0.6) is 5.75 Å². The molecular weight excluding hydrogens is 272 g/mol. The molecule has 1 aromatic carbocycles. The minimum absolute atomic E-state index is 0.200. The van der Waals surface area contributed by atoms with Crippen molar-refractivity contribution in [3.8, 4) is 11.8 Å². The Morgan fingerprint density at radius 3 is 3.10 bits per heavy atom. The van der Waals surface area contributed by atoms with E-state index in [0.29, 0.717) is 23.9 Å². The minimum atomic E-state index is -0.561. The van der Waals surface area contributed by atoms with Gasteiger partial charge in [0.25, 0.3) is 0 Å². The van der Waals surface area contributed by atoms with E-state index in [9.17, 15) is 5.11 Å². The van der Waals surface area contributed by atoms with Crippen LogP contribution in [0.2, 0.25) is 0 Å². The average Bonchev–Trinajstić information content (AvgIpc) is 2.52. The molecule has 1 fully saturated rings. The van der Waals surface area contributed by atoms with Crippen LogP contribution < -0.4 is 10.1 Å². The quantitative estimate of drug-likeness (QED) is 0.837. The van der Waals surface area contributed by atoms with Crippen molar-refractivity contribution in [3.05, 3.63) is 29.8 Å². The van der Waals surface area contributed by atoms with E-state index < -0.39 is 6.10 Å². The van der Waals surface area contributed by atoms with E-state index in [1.807, 2.05) is 17.8 Å². The van der Waals surface area contributed by atoms with Gasteiger partial charge in [-0.2, -0.15) is 17.0 Å². The Morgan fingerprint density at radius 1 is 1.50 bits per heavy atom. The molecule has 108 valence electrons. The smallest absolute Gasteiger partial charge is 0.137 e. The monoisotopic (exact) mass is 292 g/mol. The largest absolute Gasteiger partial charge is 0.489 e. The molecule has 0 bridgehead atoms. The van der Waals surface area contributed by atoms with Crippen LogP contribution in [0.3, 0.4) is 0 Å². The Bertz CT molecular complexity index is 455. The molecule has 0 aliphatic carbocycles. The van der Waals surface area contributed by atoms with E-state index in [-0.39, 0.29) is 6.61 Å². The fourth-order valence-corrected chi connectivity index (χ4v) is 3.24. The molecular formula is C15H20N2O2S. The Balaban J connectivity index is 1.72. The Hall–Kier alpha value is -1.22. The molecule has 1 aromatic rings. The van der Waals surface area contributed by atoms with Crippen molar-refractivity contribution in [2.45, 2.75) is 25.0 Å². The summed E-state index contributed by atoms with van der Waals surface area (Å²) in [5, 5.41) is 22.2. The van der Waals surface area contributed by atoms with Crippen LogP contribution in [0.1, 0.15) is 18.4 Å². The number of nitriles is 1. The molecule has 2 N–H and O–H groups in total. The standard InChI is InChI=1S/C15H20N2O2S/c16-8-12-4-1-2-6-15(12)19-10-14(18)9-17-13-5-3-7-20-11-13/h1-2,4,6,13-14,17-18H,3,5,7,9-11H2. The molecule has 0 amide bonds. The molecule has 0 spiro atoms. The van der Waals surface area contributed by atoms with E-state index in [4.69, 9.17) is 10.00 Å². The second kappa shape index (κ2) is 8.15. The maximum Gasteiger partial charge on any atom is 0.137 e. The number of nitrogens with one attached hydrogen (secondary N) is 1. The van der Waals surface area contributed by atoms with E-state index in [1.54, 1.807) is 18.2 Å². The van der Waals surface area contributed by atoms with Gasteiger partial charge in [-0.05, 0) is 30.7 Å². The lowest BCUT2D eigenvalue weighted by Crippen LogP contribution is -2.40. The highest BCUT2D eigenvalue weighted by molar-refractivity contribution is 7.99. The molecule has 0 aromatic heterocycles. The van der Waals surface area contributed by atoms with Gasteiger partial charge in [0.2, 0.25) is 0 Å². The van der Waals surface area contributed by atoms with E-state index >= 15 is 0 Å². The third-order valence-corrected chi connectivity index (χ3v) is 4.46. The van der Waals surface area contributed by atoms with Crippen molar-refractivity contribution in [3.63, 3.8) is 0 Å². The van der Waals surface area contributed by atoms with Gasteiger partial charge in [0.1, 0.15) is 24.5 Å². The van der Waals surface area contributed by atoms with Crippen LogP contribution in [0.25, 0.3) is 0 Å². The zero-order valence-electron chi connectivity index (χ0n) is 11.4. The number of para-hydroxylation sites is 1. The molecule has 1 heterocycles. The topological polar surface area (TPSA) is 65.3 Å². The minimum Gasteiger partial charge on any atom is -0.489 e. The molecule has 4 nitrogen and oxygen atoms in total. The number of nitrogens with zero attached hydrogens (tertiary/aromatic N) is 1.